The summed E-state index contributed by atoms with van der Waals surface area (Å²) >= 11 is 5.97. The second-order valence-electron chi connectivity index (χ2n) is 4.15. The highest BCUT2D eigenvalue weighted by Crippen LogP contribution is 2.19. The minimum Gasteiger partial charge on any atom is -0.381 e. The van der Waals surface area contributed by atoms with Crippen molar-refractivity contribution in [1.82, 2.24) is 0 Å². The molecule has 0 bridgehead atoms. The molecule has 0 spiro atoms. The summed E-state index contributed by atoms with van der Waals surface area (Å²) in [6.45, 7) is 2.86. The van der Waals surface area contributed by atoms with Crippen molar-refractivity contribution in [3.63, 3.8) is 0 Å². The molecule has 0 aliphatic carbocycles. The summed E-state index contributed by atoms with van der Waals surface area (Å²) in [6, 6.07) is 16.1. The molecule has 0 saturated carbocycles. The maximum absolute atomic E-state index is 5.97. The van der Waals surface area contributed by atoms with Gasteiger partial charge in [0.15, 0.2) is 0 Å². The lowest BCUT2D eigenvalue weighted by Gasteiger charge is -2.07. The summed E-state index contributed by atoms with van der Waals surface area (Å²) in [5.74, 6) is 0. The number of rotatable bonds is 4. The predicted molar refractivity (Wildman–Crippen MR) is 80.2 cm³/mol. The van der Waals surface area contributed by atoms with Crippen molar-refractivity contribution in [3.05, 3.63) is 70.8 Å². The summed E-state index contributed by atoms with van der Waals surface area (Å²) < 4.78 is 0. The average molecular weight is 258 g/mol. The third-order valence-corrected chi connectivity index (χ3v) is 2.95. The molecule has 2 rings (SSSR count). The van der Waals surface area contributed by atoms with Crippen molar-refractivity contribution >= 4 is 23.4 Å². The minimum absolute atomic E-state index is 0.759. The van der Waals surface area contributed by atoms with Gasteiger partial charge in [-0.15, -0.1) is 0 Å². The van der Waals surface area contributed by atoms with Crippen LogP contribution in [0.15, 0.2) is 54.6 Å². The fraction of sp³-hybridized carbons (Fsp3) is 0.125. The molecule has 0 radical (unpaired) electrons. The van der Waals surface area contributed by atoms with Crippen molar-refractivity contribution in [3.8, 4) is 0 Å². The molecule has 0 aliphatic rings. The van der Waals surface area contributed by atoms with Crippen LogP contribution in [0.1, 0.15) is 11.1 Å². The Morgan fingerprint density at radius 2 is 1.89 bits per heavy atom. The number of hydrogen-bond acceptors (Lipinski definition) is 1. The van der Waals surface area contributed by atoms with Gasteiger partial charge in [-0.2, -0.15) is 0 Å². The van der Waals surface area contributed by atoms with Crippen molar-refractivity contribution < 1.29 is 0 Å². The molecule has 2 aromatic carbocycles. The van der Waals surface area contributed by atoms with Gasteiger partial charge >= 0.3 is 0 Å². The second kappa shape index (κ2) is 6.27. The number of benzene rings is 2. The SMILES string of the molecule is Cc1ccc(Cl)cc1NCC=Cc1ccccc1. The molecule has 0 atom stereocenters. The highest BCUT2D eigenvalue weighted by atomic mass is 35.5. The van der Waals surface area contributed by atoms with Crippen molar-refractivity contribution in [2.24, 2.45) is 0 Å². The van der Waals surface area contributed by atoms with Gasteiger partial charge in [-0.05, 0) is 30.2 Å². The first-order chi connectivity index (χ1) is 8.75. The van der Waals surface area contributed by atoms with Crippen molar-refractivity contribution in [2.75, 3.05) is 11.9 Å². The summed E-state index contributed by atoms with van der Waals surface area (Å²) in [7, 11) is 0. The van der Waals surface area contributed by atoms with Crippen LogP contribution in [0.4, 0.5) is 5.69 Å². The standard InChI is InChI=1S/C16H16ClN/c1-13-9-10-15(17)12-16(13)18-11-5-8-14-6-3-2-4-7-14/h2-10,12,18H,11H2,1H3. The van der Waals surface area contributed by atoms with Crippen LogP contribution in [0.3, 0.4) is 0 Å². The molecule has 2 aromatic rings. The molecule has 92 valence electrons. The van der Waals surface area contributed by atoms with E-state index in [-0.39, 0.29) is 0 Å². The van der Waals surface area contributed by atoms with E-state index in [0.29, 0.717) is 0 Å². The Morgan fingerprint density at radius 3 is 2.67 bits per heavy atom. The molecule has 0 aromatic heterocycles. The van der Waals surface area contributed by atoms with Crippen molar-refractivity contribution in [1.29, 1.82) is 0 Å². The van der Waals surface area contributed by atoms with E-state index in [0.717, 1.165) is 17.3 Å². The van der Waals surface area contributed by atoms with Crippen molar-refractivity contribution in [2.45, 2.75) is 6.92 Å². The maximum atomic E-state index is 5.97. The van der Waals surface area contributed by atoms with Crippen LogP contribution in [0.5, 0.6) is 0 Å². The summed E-state index contributed by atoms with van der Waals surface area (Å²) in [5.41, 5.74) is 3.50. The van der Waals surface area contributed by atoms with Crippen LogP contribution in [-0.2, 0) is 0 Å². The number of anilines is 1. The molecule has 1 nitrogen and oxygen atoms in total. The number of hydrogen-bond donors (Lipinski definition) is 1. The van der Waals surface area contributed by atoms with E-state index < -0.39 is 0 Å². The molecular weight excluding hydrogens is 242 g/mol. The van der Waals surface area contributed by atoms with Gasteiger partial charge in [0, 0.05) is 17.3 Å². The Balaban J connectivity index is 1.92. The molecule has 0 amide bonds. The maximum Gasteiger partial charge on any atom is 0.0426 e. The average Bonchev–Trinajstić information content (AvgIpc) is 2.40. The Bertz CT molecular complexity index is 532. The van der Waals surface area contributed by atoms with Crippen LogP contribution in [0, 0.1) is 6.92 Å². The molecule has 0 saturated heterocycles. The Labute approximate surface area is 113 Å². The Kier molecular flexibility index (Phi) is 4.43. The largest absolute Gasteiger partial charge is 0.381 e. The molecule has 0 unspecified atom stereocenters. The third kappa shape index (κ3) is 3.64. The summed E-state index contributed by atoms with van der Waals surface area (Å²) in [5, 5.41) is 4.11. The van der Waals surface area contributed by atoms with Gasteiger partial charge in [0.05, 0.1) is 0 Å². The third-order valence-electron chi connectivity index (χ3n) is 2.72. The quantitative estimate of drug-likeness (QED) is 0.832. The topological polar surface area (TPSA) is 12.0 Å². The molecule has 18 heavy (non-hydrogen) atoms. The highest BCUT2D eigenvalue weighted by molar-refractivity contribution is 6.30. The first-order valence-corrected chi connectivity index (χ1v) is 6.35. The smallest absolute Gasteiger partial charge is 0.0426 e. The van der Waals surface area contributed by atoms with E-state index in [1.54, 1.807) is 0 Å². The van der Waals surface area contributed by atoms with E-state index in [1.165, 1.54) is 11.1 Å². The zero-order chi connectivity index (χ0) is 12.8. The lowest BCUT2D eigenvalue weighted by atomic mass is 10.2. The Hall–Kier alpha value is -1.73. The van der Waals surface area contributed by atoms with Gasteiger partial charge in [-0.25, -0.2) is 0 Å². The monoisotopic (exact) mass is 257 g/mol. The molecule has 0 aliphatic heterocycles. The van der Waals surface area contributed by atoms with Crippen LogP contribution in [0.25, 0.3) is 6.08 Å². The minimum atomic E-state index is 0.759. The first-order valence-electron chi connectivity index (χ1n) is 5.97. The van der Waals surface area contributed by atoms with E-state index >= 15 is 0 Å². The fourth-order valence-corrected chi connectivity index (χ4v) is 1.88. The van der Waals surface area contributed by atoms with Gasteiger partial charge in [-0.1, -0.05) is 60.2 Å². The zero-order valence-electron chi connectivity index (χ0n) is 10.4. The van der Waals surface area contributed by atoms with E-state index in [9.17, 15) is 0 Å². The van der Waals surface area contributed by atoms with Gasteiger partial charge in [0.2, 0.25) is 0 Å². The molecular formula is C16H16ClN. The molecule has 2 heteroatoms. The number of nitrogens with one attached hydrogen (secondary N) is 1. The fourth-order valence-electron chi connectivity index (χ4n) is 1.71. The van der Waals surface area contributed by atoms with Crippen LogP contribution in [-0.4, -0.2) is 6.54 Å². The van der Waals surface area contributed by atoms with Crippen LogP contribution >= 0.6 is 11.6 Å². The van der Waals surface area contributed by atoms with E-state index in [2.05, 4.69) is 36.5 Å². The molecule has 0 heterocycles. The number of aryl methyl sites for hydroxylation is 1. The van der Waals surface area contributed by atoms with Gasteiger partial charge in [-0.3, -0.25) is 0 Å². The molecule has 0 fully saturated rings. The van der Waals surface area contributed by atoms with Gasteiger partial charge < -0.3 is 5.32 Å². The van der Waals surface area contributed by atoms with Crippen LogP contribution < -0.4 is 5.32 Å². The van der Waals surface area contributed by atoms with Crippen LogP contribution in [0.2, 0.25) is 5.02 Å². The van der Waals surface area contributed by atoms with E-state index in [4.69, 9.17) is 11.6 Å². The Morgan fingerprint density at radius 1 is 1.11 bits per heavy atom. The number of halogens is 1. The highest BCUT2D eigenvalue weighted by Gasteiger charge is 1.96. The first kappa shape index (κ1) is 12.7. The zero-order valence-corrected chi connectivity index (χ0v) is 11.1. The van der Waals surface area contributed by atoms with E-state index in [1.807, 2.05) is 36.4 Å². The summed E-state index contributed by atoms with van der Waals surface area (Å²) in [6.07, 6.45) is 4.21. The summed E-state index contributed by atoms with van der Waals surface area (Å²) in [4.78, 5) is 0. The second-order valence-corrected chi connectivity index (χ2v) is 4.59. The lowest BCUT2D eigenvalue weighted by Crippen LogP contribution is -1.99. The van der Waals surface area contributed by atoms with Gasteiger partial charge in [0.25, 0.3) is 0 Å². The normalized spacial score (nSPS) is 10.8. The lowest BCUT2D eigenvalue weighted by molar-refractivity contribution is 1.31. The predicted octanol–water partition coefficient (Wildman–Crippen LogP) is 4.77. The van der Waals surface area contributed by atoms with Gasteiger partial charge in [0.1, 0.15) is 0 Å². The molecule has 1 N–H and O–H groups in total.